The number of aliphatic carboxylic acids is 1. The van der Waals surface area contributed by atoms with Gasteiger partial charge in [-0.1, -0.05) is 12.1 Å². The standard InChI is InChI=1S/C15H18N2O2/c1-9-5-6-13(11(3)10(9)2)14-7-12(8-15(18)19)16-17(14)4/h5-7H,8H2,1-4H3,(H,18,19). The SMILES string of the molecule is Cc1ccc(-c2cc(CC(=O)O)nn2C)c(C)c1C. The van der Waals surface area contributed by atoms with Gasteiger partial charge in [0.25, 0.3) is 0 Å². The maximum atomic E-state index is 10.7. The Labute approximate surface area is 112 Å². The summed E-state index contributed by atoms with van der Waals surface area (Å²) in [5, 5.41) is 13.1. The number of hydrogen-bond donors (Lipinski definition) is 1. The van der Waals surface area contributed by atoms with Gasteiger partial charge in [-0.3, -0.25) is 9.48 Å². The first kappa shape index (κ1) is 13.3. The van der Waals surface area contributed by atoms with Crippen molar-refractivity contribution < 1.29 is 9.90 Å². The van der Waals surface area contributed by atoms with Crippen LogP contribution in [-0.2, 0) is 18.3 Å². The highest BCUT2D eigenvalue weighted by Gasteiger charge is 2.13. The van der Waals surface area contributed by atoms with Gasteiger partial charge in [0.1, 0.15) is 0 Å². The predicted octanol–water partition coefficient (Wildman–Crippen LogP) is 2.64. The Morgan fingerprint density at radius 1 is 1.26 bits per heavy atom. The highest BCUT2D eigenvalue weighted by atomic mass is 16.4. The van der Waals surface area contributed by atoms with E-state index in [0.717, 1.165) is 11.3 Å². The maximum Gasteiger partial charge on any atom is 0.309 e. The number of hydrogen-bond acceptors (Lipinski definition) is 2. The molecule has 2 rings (SSSR count). The summed E-state index contributed by atoms with van der Waals surface area (Å²) in [5.41, 5.74) is 6.38. The molecule has 1 N–H and O–H groups in total. The Morgan fingerprint density at radius 2 is 1.95 bits per heavy atom. The van der Waals surface area contributed by atoms with E-state index in [1.165, 1.54) is 16.7 Å². The van der Waals surface area contributed by atoms with Crippen molar-refractivity contribution in [1.29, 1.82) is 0 Å². The molecule has 0 aliphatic carbocycles. The van der Waals surface area contributed by atoms with Crippen LogP contribution in [0.2, 0.25) is 0 Å². The number of carbonyl (C=O) groups is 1. The first-order valence-electron chi connectivity index (χ1n) is 6.22. The molecule has 4 nitrogen and oxygen atoms in total. The van der Waals surface area contributed by atoms with Gasteiger partial charge in [0.05, 0.1) is 17.8 Å². The van der Waals surface area contributed by atoms with Gasteiger partial charge < -0.3 is 5.11 Å². The minimum atomic E-state index is -0.860. The zero-order chi connectivity index (χ0) is 14.2. The van der Waals surface area contributed by atoms with E-state index in [1.807, 2.05) is 13.1 Å². The Morgan fingerprint density at radius 3 is 2.58 bits per heavy atom. The third-order valence-electron chi connectivity index (χ3n) is 3.60. The summed E-state index contributed by atoms with van der Waals surface area (Å²) in [4.78, 5) is 10.7. The van der Waals surface area contributed by atoms with Crippen LogP contribution in [0.3, 0.4) is 0 Å². The lowest BCUT2D eigenvalue weighted by atomic mass is 9.97. The van der Waals surface area contributed by atoms with Crippen LogP contribution in [0.5, 0.6) is 0 Å². The van der Waals surface area contributed by atoms with Crippen molar-refractivity contribution in [3.05, 3.63) is 40.6 Å². The van der Waals surface area contributed by atoms with Crippen LogP contribution >= 0.6 is 0 Å². The lowest BCUT2D eigenvalue weighted by Gasteiger charge is -2.11. The van der Waals surface area contributed by atoms with Gasteiger partial charge in [0, 0.05) is 12.6 Å². The first-order chi connectivity index (χ1) is 8.90. The van der Waals surface area contributed by atoms with Crippen molar-refractivity contribution in [2.45, 2.75) is 27.2 Å². The molecule has 100 valence electrons. The highest BCUT2D eigenvalue weighted by molar-refractivity contribution is 5.72. The van der Waals surface area contributed by atoms with Crippen LogP contribution in [0, 0.1) is 20.8 Å². The fourth-order valence-electron chi connectivity index (χ4n) is 2.25. The number of benzene rings is 1. The van der Waals surface area contributed by atoms with Gasteiger partial charge >= 0.3 is 5.97 Å². The van der Waals surface area contributed by atoms with Crippen LogP contribution < -0.4 is 0 Å². The number of carboxylic acids is 1. The second-order valence-electron chi connectivity index (χ2n) is 4.90. The molecular weight excluding hydrogens is 240 g/mol. The molecule has 0 amide bonds. The Balaban J connectivity index is 2.50. The van der Waals surface area contributed by atoms with Gasteiger partial charge in [-0.25, -0.2) is 0 Å². The van der Waals surface area contributed by atoms with Gasteiger partial charge in [0.15, 0.2) is 0 Å². The summed E-state index contributed by atoms with van der Waals surface area (Å²) in [6.45, 7) is 6.27. The molecule has 0 fully saturated rings. The molecule has 1 aromatic heterocycles. The predicted molar refractivity (Wildman–Crippen MR) is 74.2 cm³/mol. The lowest BCUT2D eigenvalue weighted by Crippen LogP contribution is -2.01. The third kappa shape index (κ3) is 2.52. The first-order valence-corrected chi connectivity index (χ1v) is 6.22. The molecular formula is C15H18N2O2. The van der Waals surface area contributed by atoms with Crippen molar-refractivity contribution in [2.24, 2.45) is 7.05 Å². The maximum absolute atomic E-state index is 10.7. The fourth-order valence-corrected chi connectivity index (χ4v) is 2.25. The lowest BCUT2D eigenvalue weighted by molar-refractivity contribution is -0.136. The largest absolute Gasteiger partial charge is 0.481 e. The van der Waals surface area contributed by atoms with Crippen molar-refractivity contribution in [3.8, 4) is 11.3 Å². The summed E-state index contributed by atoms with van der Waals surface area (Å²) >= 11 is 0. The summed E-state index contributed by atoms with van der Waals surface area (Å²) < 4.78 is 1.75. The molecule has 0 radical (unpaired) electrons. The van der Waals surface area contributed by atoms with E-state index in [4.69, 9.17) is 5.11 Å². The van der Waals surface area contributed by atoms with E-state index in [0.29, 0.717) is 5.69 Å². The van der Waals surface area contributed by atoms with E-state index in [-0.39, 0.29) is 6.42 Å². The number of carboxylic acid groups (broad SMARTS) is 1. The smallest absolute Gasteiger partial charge is 0.309 e. The molecule has 0 atom stereocenters. The third-order valence-corrected chi connectivity index (χ3v) is 3.60. The molecule has 0 saturated heterocycles. The molecule has 0 saturated carbocycles. The van der Waals surface area contributed by atoms with Crippen LogP contribution in [0.4, 0.5) is 0 Å². The minimum absolute atomic E-state index is 0.0439. The van der Waals surface area contributed by atoms with E-state index >= 15 is 0 Å². The monoisotopic (exact) mass is 258 g/mol. The van der Waals surface area contributed by atoms with Crippen LogP contribution in [-0.4, -0.2) is 20.9 Å². The number of nitrogens with zero attached hydrogens (tertiary/aromatic N) is 2. The molecule has 2 aromatic rings. The fraction of sp³-hybridized carbons (Fsp3) is 0.333. The quantitative estimate of drug-likeness (QED) is 0.920. The molecule has 0 unspecified atom stereocenters. The molecule has 0 bridgehead atoms. The summed E-state index contributed by atoms with van der Waals surface area (Å²) in [5.74, 6) is -0.860. The molecule has 0 spiro atoms. The average Bonchev–Trinajstić information content (AvgIpc) is 2.66. The molecule has 19 heavy (non-hydrogen) atoms. The Hall–Kier alpha value is -2.10. The second kappa shape index (κ2) is 4.88. The molecule has 1 heterocycles. The number of rotatable bonds is 3. The summed E-state index contributed by atoms with van der Waals surface area (Å²) in [7, 11) is 1.84. The van der Waals surface area contributed by atoms with Crippen molar-refractivity contribution >= 4 is 5.97 Å². The van der Waals surface area contributed by atoms with Crippen molar-refractivity contribution in [2.75, 3.05) is 0 Å². The van der Waals surface area contributed by atoms with Crippen LogP contribution in [0.15, 0.2) is 18.2 Å². The zero-order valence-electron chi connectivity index (χ0n) is 11.7. The number of aryl methyl sites for hydroxylation is 2. The molecule has 4 heteroatoms. The second-order valence-corrected chi connectivity index (χ2v) is 4.90. The van der Waals surface area contributed by atoms with E-state index < -0.39 is 5.97 Å². The normalized spacial score (nSPS) is 10.7. The number of aromatic nitrogens is 2. The Kier molecular flexibility index (Phi) is 3.42. The average molecular weight is 258 g/mol. The topological polar surface area (TPSA) is 55.1 Å². The summed E-state index contributed by atoms with van der Waals surface area (Å²) in [6.07, 6.45) is -0.0439. The molecule has 0 aliphatic heterocycles. The Bertz CT molecular complexity index is 642. The van der Waals surface area contributed by atoms with Gasteiger partial charge in [-0.05, 0) is 43.5 Å². The zero-order valence-corrected chi connectivity index (χ0v) is 11.7. The minimum Gasteiger partial charge on any atom is -0.481 e. The van der Waals surface area contributed by atoms with Gasteiger partial charge in [0.2, 0.25) is 0 Å². The van der Waals surface area contributed by atoms with Crippen molar-refractivity contribution in [1.82, 2.24) is 9.78 Å². The van der Waals surface area contributed by atoms with Crippen LogP contribution in [0.1, 0.15) is 22.4 Å². The molecule has 0 aliphatic rings. The molecule has 1 aromatic carbocycles. The van der Waals surface area contributed by atoms with Crippen LogP contribution in [0.25, 0.3) is 11.3 Å². The van der Waals surface area contributed by atoms with E-state index in [2.05, 4.69) is 38.0 Å². The van der Waals surface area contributed by atoms with Gasteiger partial charge in [-0.15, -0.1) is 0 Å². The van der Waals surface area contributed by atoms with E-state index in [1.54, 1.807) is 4.68 Å². The highest BCUT2D eigenvalue weighted by Crippen LogP contribution is 2.27. The van der Waals surface area contributed by atoms with E-state index in [9.17, 15) is 4.79 Å². The van der Waals surface area contributed by atoms with Crippen molar-refractivity contribution in [3.63, 3.8) is 0 Å². The summed E-state index contributed by atoms with van der Waals surface area (Å²) in [6, 6.07) is 6.01. The van der Waals surface area contributed by atoms with Gasteiger partial charge in [-0.2, -0.15) is 5.10 Å².